The van der Waals surface area contributed by atoms with Crippen LogP contribution in [0.4, 0.5) is 5.13 Å². The molecule has 0 saturated heterocycles. The predicted octanol–water partition coefficient (Wildman–Crippen LogP) is 4.04. The molecule has 1 N–H and O–H groups in total. The average molecular weight is 372 g/mol. The average Bonchev–Trinajstić information content (AvgIpc) is 2.94. The van der Waals surface area contributed by atoms with Crippen molar-refractivity contribution in [3.63, 3.8) is 0 Å². The summed E-state index contributed by atoms with van der Waals surface area (Å²) in [6, 6.07) is 9.63. The van der Waals surface area contributed by atoms with Crippen molar-refractivity contribution in [2.24, 2.45) is 0 Å². The monoisotopic (exact) mass is 371 g/mol. The second-order valence-electron chi connectivity index (χ2n) is 6.07. The Bertz CT molecular complexity index is 749. The van der Waals surface area contributed by atoms with E-state index < -0.39 is 0 Å². The molecule has 1 aromatic carbocycles. The fourth-order valence-corrected chi connectivity index (χ4v) is 3.14. The number of nitrogens with zero attached hydrogens (tertiary/aromatic N) is 2. The molecular formula is C20H25N3O2S. The zero-order valence-electron chi connectivity index (χ0n) is 15.5. The van der Waals surface area contributed by atoms with Gasteiger partial charge in [-0.05, 0) is 31.9 Å². The van der Waals surface area contributed by atoms with Crippen molar-refractivity contribution in [1.82, 2.24) is 9.88 Å². The summed E-state index contributed by atoms with van der Waals surface area (Å²) < 4.78 is 0. The first-order chi connectivity index (χ1) is 12.5. The van der Waals surface area contributed by atoms with Crippen molar-refractivity contribution in [2.75, 3.05) is 18.4 Å². The first-order valence-corrected chi connectivity index (χ1v) is 9.57. The minimum atomic E-state index is -0.226. The molecule has 2 amide bonds. The van der Waals surface area contributed by atoms with Gasteiger partial charge in [0.25, 0.3) is 0 Å². The molecule has 0 aliphatic rings. The van der Waals surface area contributed by atoms with E-state index in [1.165, 1.54) is 17.4 Å². The fourth-order valence-electron chi connectivity index (χ4n) is 2.31. The maximum absolute atomic E-state index is 12.5. The lowest BCUT2D eigenvalue weighted by Crippen LogP contribution is -2.37. The highest BCUT2D eigenvalue weighted by Crippen LogP contribution is 2.20. The Balaban J connectivity index is 1.99. The lowest BCUT2D eigenvalue weighted by atomic mass is 10.2. The third-order valence-corrected chi connectivity index (χ3v) is 4.91. The van der Waals surface area contributed by atoms with Gasteiger partial charge in [0.05, 0.1) is 5.69 Å². The lowest BCUT2D eigenvalue weighted by Gasteiger charge is -2.20. The highest BCUT2D eigenvalue weighted by molar-refractivity contribution is 7.15. The second kappa shape index (κ2) is 9.87. The number of amides is 2. The molecule has 0 spiro atoms. The van der Waals surface area contributed by atoms with Gasteiger partial charge in [-0.2, -0.15) is 0 Å². The molecule has 5 nitrogen and oxygen atoms in total. The molecule has 0 aliphatic carbocycles. The minimum Gasteiger partial charge on any atom is -0.330 e. The molecule has 0 fully saturated rings. The fraction of sp³-hybridized carbons (Fsp3) is 0.350. The SMILES string of the molecule is CCCCN(CC(=O)Nc1nc(C)c(C)s1)C(=O)C=Cc1ccccc1. The largest absolute Gasteiger partial charge is 0.330 e. The number of carbonyl (C=O) groups is 2. The summed E-state index contributed by atoms with van der Waals surface area (Å²) in [5, 5.41) is 3.37. The summed E-state index contributed by atoms with van der Waals surface area (Å²) in [6.45, 7) is 6.51. The molecular weight excluding hydrogens is 346 g/mol. The van der Waals surface area contributed by atoms with Gasteiger partial charge in [0, 0.05) is 17.5 Å². The van der Waals surface area contributed by atoms with Crippen LogP contribution in [0.2, 0.25) is 0 Å². The summed E-state index contributed by atoms with van der Waals surface area (Å²) in [6.07, 6.45) is 5.11. The van der Waals surface area contributed by atoms with Crippen LogP contribution in [0.3, 0.4) is 0 Å². The molecule has 6 heteroatoms. The first kappa shape index (κ1) is 19.8. The van der Waals surface area contributed by atoms with Crippen molar-refractivity contribution in [2.45, 2.75) is 33.6 Å². The van der Waals surface area contributed by atoms with Gasteiger partial charge < -0.3 is 10.2 Å². The number of unbranched alkanes of at least 4 members (excludes halogenated alkanes) is 1. The summed E-state index contributed by atoms with van der Waals surface area (Å²) in [5.41, 5.74) is 1.87. The number of thiazole rings is 1. The van der Waals surface area contributed by atoms with Crippen molar-refractivity contribution >= 4 is 34.4 Å². The van der Waals surface area contributed by atoms with Crippen LogP contribution in [-0.4, -0.2) is 34.8 Å². The number of anilines is 1. The van der Waals surface area contributed by atoms with Crippen LogP contribution in [0.1, 0.15) is 35.9 Å². The quantitative estimate of drug-likeness (QED) is 0.712. The summed E-state index contributed by atoms with van der Waals surface area (Å²) in [5.74, 6) is -0.389. The van der Waals surface area contributed by atoms with Gasteiger partial charge in [0.15, 0.2) is 5.13 Å². The Labute approximate surface area is 158 Å². The molecule has 1 aromatic heterocycles. The Hall–Kier alpha value is -2.47. The number of nitrogens with one attached hydrogen (secondary N) is 1. The Morgan fingerprint density at radius 1 is 1.23 bits per heavy atom. The second-order valence-corrected chi connectivity index (χ2v) is 7.27. The molecule has 26 heavy (non-hydrogen) atoms. The standard InChI is InChI=1S/C20H25N3O2S/c1-4-5-13-23(19(25)12-11-17-9-7-6-8-10-17)14-18(24)22-20-21-15(2)16(3)26-20/h6-12H,4-5,13-14H2,1-3H3,(H,21,22,24). The van der Waals surface area contributed by atoms with Crippen molar-refractivity contribution in [1.29, 1.82) is 0 Å². The molecule has 138 valence electrons. The molecule has 1 heterocycles. The van der Waals surface area contributed by atoms with Crippen molar-refractivity contribution < 1.29 is 9.59 Å². The van der Waals surface area contributed by atoms with Gasteiger partial charge in [-0.25, -0.2) is 4.98 Å². The van der Waals surface area contributed by atoms with E-state index in [9.17, 15) is 9.59 Å². The predicted molar refractivity (Wildman–Crippen MR) is 107 cm³/mol. The van der Waals surface area contributed by atoms with Gasteiger partial charge in [-0.3, -0.25) is 9.59 Å². The van der Waals surface area contributed by atoms with Crippen molar-refractivity contribution in [3.05, 3.63) is 52.5 Å². The Morgan fingerprint density at radius 3 is 2.58 bits per heavy atom. The van der Waals surface area contributed by atoms with E-state index in [1.807, 2.05) is 44.2 Å². The Morgan fingerprint density at radius 2 is 1.96 bits per heavy atom. The zero-order valence-corrected chi connectivity index (χ0v) is 16.3. The number of carbonyl (C=O) groups excluding carboxylic acids is 2. The number of hydrogen-bond acceptors (Lipinski definition) is 4. The number of rotatable bonds is 8. The van der Waals surface area contributed by atoms with Gasteiger partial charge >= 0.3 is 0 Å². The number of aromatic nitrogens is 1. The smallest absolute Gasteiger partial charge is 0.247 e. The van der Waals surface area contributed by atoms with E-state index in [-0.39, 0.29) is 18.4 Å². The Kier molecular flexibility index (Phi) is 7.53. The normalized spacial score (nSPS) is 10.9. The third-order valence-electron chi connectivity index (χ3n) is 3.92. The minimum absolute atomic E-state index is 0.0235. The maximum atomic E-state index is 12.5. The molecule has 0 bridgehead atoms. The summed E-state index contributed by atoms with van der Waals surface area (Å²) in [7, 11) is 0. The maximum Gasteiger partial charge on any atom is 0.247 e. The summed E-state index contributed by atoms with van der Waals surface area (Å²) >= 11 is 1.44. The van der Waals surface area contributed by atoms with E-state index in [4.69, 9.17) is 0 Å². The molecule has 0 saturated carbocycles. The highest BCUT2D eigenvalue weighted by atomic mass is 32.1. The van der Waals surface area contributed by atoms with Crippen LogP contribution in [0.25, 0.3) is 6.08 Å². The number of benzene rings is 1. The van der Waals surface area contributed by atoms with Crippen molar-refractivity contribution in [3.8, 4) is 0 Å². The van der Waals surface area contributed by atoms with Gasteiger partial charge in [0.2, 0.25) is 11.8 Å². The van der Waals surface area contributed by atoms with Gasteiger partial charge in [-0.15, -0.1) is 11.3 Å². The summed E-state index contributed by atoms with van der Waals surface area (Å²) in [4.78, 5) is 31.8. The molecule has 0 atom stereocenters. The van der Waals surface area contributed by atoms with Crippen LogP contribution in [-0.2, 0) is 9.59 Å². The van der Waals surface area contributed by atoms with E-state index >= 15 is 0 Å². The van der Waals surface area contributed by atoms with Crippen LogP contribution < -0.4 is 5.32 Å². The van der Waals surface area contributed by atoms with E-state index in [0.29, 0.717) is 11.7 Å². The van der Waals surface area contributed by atoms with Crippen LogP contribution >= 0.6 is 11.3 Å². The molecule has 0 aliphatic heterocycles. The topological polar surface area (TPSA) is 62.3 Å². The van der Waals surface area contributed by atoms with Gasteiger partial charge in [-0.1, -0.05) is 43.7 Å². The first-order valence-electron chi connectivity index (χ1n) is 8.75. The van der Waals surface area contributed by atoms with E-state index in [2.05, 4.69) is 17.2 Å². The van der Waals surface area contributed by atoms with Crippen LogP contribution in [0.15, 0.2) is 36.4 Å². The number of hydrogen-bond donors (Lipinski definition) is 1. The molecule has 2 rings (SSSR count). The molecule has 0 unspecified atom stereocenters. The molecule has 0 radical (unpaired) electrons. The van der Waals surface area contributed by atoms with Gasteiger partial charge in [0.1, 0.15) is 6.54 Å². The third kappa shape index (κ3) is 6.11. The highest BCUT2D eigenvalue weighted by Gasteiger charge is 2.16. The lowest BCUT2D eigenvalue weighted by molar-refractivity contribution is -0.130. The van der Waals surface area contributed by atoms with E-state index in [1.54, 1.807) is 11.0 Å². The zero-order chi connectivity index (χ0) is 18.9. The van der Waals surface area contributed by atoms with Crippen LogP contribution in [0, 0.1) is 13.8 Å². The molecule has 2 aromatic rings. The van der Waals surface area contributed by atoms with Crippen LogP contribution in [0.5, 0.6) is 0 Å². The number of aryl methyl sites for hydroxylation is 2. The van der Waals surface area contributed by atoms with E-state index in [0.717, 1.165) is 29.0 Å².